The van der Waals surface area contributed by atoms with E-state index in [9.17, 15) is 22.8 Å². The minimum Gasteiger partial charge on any atom is -0.336 e. The van der Waals surface area contributed by atoms with Crippen LogP contribution in [0.4, 0.5) is 10.5 Å². The van der Waals surface area contributed by atoms with Gasteiger partial charge in [0.25, 0.3) is 11.8 Å². The van der Waals surface area contributed by atoms with E-state index in [2.05, 4.69) is 16.2 Å². The maximum Gasteiger partial charge on any atom is 0.321 e. The minimum absolute atomic E-state index is 0.0696. The fourth-order valence-electron chi connectivity index (χ4n) is 2.95. The Morgan fingerprint density at radius 1 is 1.13 bits per heavy atom. The van der Waals surface area contributed by atoms with Crippen molar-refractivity contribution in [1.29, 1.82) is 0 Å². The van der Waals surface area contributed by atoms with Crippen molar-refractivity contribution in [3.05, 3.63) is 59.7 Å². The molecule has 2 aromatic carbocycles. The molecular formula is C20H23N5O5S. The van der Waals surface area contributed by atoms with E-state index in [0.29, 0.717) is 18.8 Å². The van der Waals surface area contributed by atoms with Crippen molar-refractivity contribution in [3.8, 4) is 0 Å². The van der Waals surface area contributed by atoms with Crippen LogP contribution in [0.15, 0.2) is 53.4 Å². The first kappa shape index (κ1) is 22.2. The Labute approximate surface area is 180 Å². The van der Waals surface area contributed by atoms with Crippen LogP contribution >= 0.6 is 0 Å². The van der Waals surface area contributed by atoms with E-state index in [1.54, 1.807) is 24.3 Å². The summed E-state index contributed by atoms with van der Waals surface area (Å²) in [5.74, 6) is -1.31. The van der Waals surface area contributed by atoms with Crippen LogP contribution in [0, 0.1) is 6.92 Å². The number of hydrogen-bond donors (Lipinski definition) is 3. The zero-order valence-corrected chi connectivity index (χ0v) is 17.9. The Hall–Kier alpha value is -3.44. The van der Waals surface area contributed by atoms with E-state index in [0.717, 1.165) is 9.87 Å². The van der Waals surface area contributed by atoms with Crippen molar-refractivity contribution in [3.63, 3.8) is 0 Å². The van der Waals surface area contributed by atoms with Gasteiger partial charge in [-0.25, -0.2) is 13.2 Å². The van der Waals surface area contributed by atoms with Crippen molar-refractivity contribution in [2.75, 3.05) is 31.6 Å². The zero-order valence-electron chi connectivity index (χ0n) is 17.1. The SMILES string of the molecule is Cc1ccc(S(=O)(=O)N(C)CC(=O)NNC(=O)c2cccc(N3CCNC3=O)c2)cc1. The van der Waals surface area contributed by atoms with E-state index < -0.39 is 28.4 Å². The van der Waals surface area contributed by atoms with E-state index in [1.165, 1.54) is 36.2 Å². The Kier molecular flexibility index (Phi) is 6.56. The molecule has 4 amide bonds. The van der Waals surface area contributed by atoms with Gasteiger partial charge in [-0.05, 0) is 37.3 Å². The van der Waals surface area contributed by atoms with Crippen molar-refractivity contribution in [2.24, 2.45) is 0 Å². The smallest absolute Gasteiger partial charge is 0.321 e. The van der Waals surface area contributed by atoms with Crippen LogP contribution in [-0.4, -0.2) is 57.3 Å². The van der Waals surface area contributed by atoms with Crippen LogP contribution in [0.5, 0.6) is 0 Å². The second kappa shape index (κ2) is 9.14. The lowest BCUT2D eigenvalue weighted by molar-refractivity contribution is -0.121. The number of carbonyl (C=O) groups is 3. The number of aryl methyl sites for hydroxylation is 1. The van der Waals surface area contributed by atoms with E-state index in [4.69, 9.17) is 0 Å². The molecule has 1 saturated heterocycles. The minimum atomic E-state index is -3.85. The first-order valence-corrected chi connectivity index (χ1v) is 10.9. The van der Waals surface area contributed by atoms with Crippen LogP contribution < -0.4 is 21.1 Å². The normalized spacial score (nSPS) is 13.8. The highest BCUT2D eigenvalue weighted by atomic mass is 32.2. The molecule has 10 nitrogen and oxygen atoms in total. The highest BCUT2D eigenvalue weighted by Gasteiger charge is 2.24. The lowest BCUT2D eigenvalue weighted by Crippen LogP contribution is -2.46. The average molecular weight is 446 g/mol. The third-order valence-corrected chi connectivity index (χ3v) is 6.51. The third-order valence-electron chi connectivity index (χ3n) is 4.69. The second-order valence-corrected chi connectivity index (χ2v) is 9.06. The highest BCUT2D eigenvalue weighted by molar-refractivity contribution is 7.89. The summed E-state index contributed by atoms with van der Waals surface area (Å²) in [4.78, 5) is 37.9. The monoisotopic (exact) mass is 445 g/mol. The predicted molar refractivity (Wildman–Crippen MR) is 114 cm³/mol. The number of anilines is 1. The van der Waals surface area contributed by atoms with Gasteiger partial charge in [-0.3, -0.25) is 25.3 Å². The molecule has 0 spiro atoms. The number of nitrogens with zero attached hydrogens (tertiary/aromatic N) is 2. The van der Waals surface area contributed by atoms with Gasteiger partial charge >= 0.3 is 6.03 Å². The molecule has 0 aliphatic carbocycles. The summed E-state index contributed by atoms with van der Waals surface area (Å²) in [6.45, 7) is 2.36. The predicted octanol–water partition coefficient (Wildman–Crippen LogP) is 0.606. The molecule has 164 valence electrons. The lowest BCUT2D eigenvalue weighted by atomic mass is 10.2. The maximum atomic E-state index is 12.5. The van der Waals surface area contributed by atoms with Crippen molar-refractivity contribution >= 4 is 33.6 Å². The van der Waals surface area contributed by atoms with Gasteiger partial charge in [0.2, 0.25) is 10.0 Å². The van der Waals surface area contributed by atoms with Crippen LogP contribution in [0.1, 0.15) is 15.9 Å². The van der Waals surface area contributed by atoms with Crippen LogP contribution in [0.2, 0.25) is 0 Å². The van der Waals surface area contributed by atoms with E-state index in [-0.39, 0.29) is 16.5 Å². The molecule has 0 radical (unpaired) electrons. The number of rotatable bonds is 6. The molecule has 3 N–H and O–H groups in total. The standard InChI is InChI=1S/C20H23N5O5S/c1-14-6-8-17(9-7-14)31(29,30)24(2)13-18(26)22-23-19(27)15-4-3-5-16(12-15)25-11-10-21-20(25)28/h3-9,12H,10-11,13H2,1-2H3,(H,21,28)(H,22,26)(H,23,27). The number of hydrogen-bond acceptors (Lipinski definition) is 5. The van der Waals surface area contributed by atoms with Gasteiger partial charge in [0, 0.05) is 31.4 Å². The molecule has 0 atom stereocenters. The molecule has 31 heavy (non-hydrogen) atoms. The number of benzene rings is 2. The Morgan fingerprint density at radius 2 is 1.84 bits per heavy atom. The molecule has 0 unspecified atom stereocenters. The number of likely N-dealkylation sites (N-methyl/N-ethyl adjacent to an activating group) is 1. The van der Waals surface area contributed by atoms with Gasteiger partial charge in [0.15, 0.2) is 0 Å². The van der Waals surface area contributed by atoms with Gasteiger partial charge in [-0.1, -0.05) is 23.8 Å². The number of carbonyl (C=O) groups excluding carboxylic acids is 3. The summed E-state index contributed by atoms with van der Waals surface area (Å²) in [5, 5.41) is 2.68. The number of urea groups is 1. The van der Waals surface area contributed by atoms with Crippen molar-refractivity contribution < 1.29 is 22.8 Å². The van der Waals surface area contributed by atoms with Gasteiger partial charge in [0.05, 0.1) is 11.4 Å². The summed E-state index contributed by atoms with van der Waals surface area (Å²) in [6, 6.07) is 12.4. The summed E-state index contributed by atoms with van der Waals surface area (Å²) in [5.41, 5.74) is 6.16. The zero-order chi connectivity index (χ0) is 22.6. The highest BCUT2D eigenvalue weighted by Crippen LogP contribution is 2.18. The lowest BCUT2D eigenvalue weighted by Gasteiger charge is -2.17. The average Bonchev–Trinajstić information content (AvgIpc) is 3.18. The first-order valence-electron chi connectivity index (χ1n) is 9.46. The topological polar surface area (TPSA) is 128 Å². The molecule has 3 rings (SSSR count). The Morgan fingerprint density at radius 3 is 2.48 bits per heavy atom. The maximum absolute atomic E-state index is 12.5. The van der Waals surface area contributed by atoms with Crippen LogP contribution in [0.3, 0.4) is 0 Å². The summed E-state index contributed by atoms with van der Waals surface area (Å²) in [7, 11) is -2.57. The molecule has 1 aliphatic heterocycles. The molecule has 1 aliphatic rings. The van der Waals surface area contributed by atoms with E-state index >= 15 is 0 Å². The Bertz CT molecular complexity index is 1100. The Balaban J connectivity index is 1.57. The molecular weight excluding hydrogens is 422 g/mol. The second-order valence-electron chi connectivity index (χ2n) is 7.01. The fraction of sp³-hybridized carbons (Fsp3) is 0.250. The third kappa shape index (κ3) is 5.19. The molecule has 2 aromatic rings. The summed E-state index contributed by atoms with van der Waals surface area (Å²) >= 11 is 0. The van der Waals surface area contributed by atoms with E-state index in [1.807, 2.05) is 6.92 Å². The molecule has 1 fully saturated rings. The first-order chi connectivity index (χ1) is 14.7. The molecule has 1 heterocycles. The van der Waals surface area contributed by atoms with Crippen LogP contribution in [-0.2, 0) is 14.8 Å². The van der Waals surface area contributed by atoms with Gasteiger partial charge in [-0.15, -0.1) is 0 Å². The molecule has 0 aromatic heterocycles. The van der Waals surface area contributed by atoms with Crippen molar-refractivity contribution in [1.82, 2.24) is 20.5 Å². The van der Waals surface area contributed by atoms with Gasteiger partial charge in [-0.2, -0.15) is 4.31 Å². The number of hydrazine groups is 1. The summed E-state index contributed by atoms with van der Waals surface area (Å²) < 4.78 is 26.0. The number of nitrogens with one attached hydrogen (secondary N) is 3. The van der Waals surface area contributed by atoms with Gasteiger partial charge in [0.1, 0.15) is 0 Å². The fourth-order valence-corrected chi connectivity index (χ4v) is 4.08. The molecule has 0 bridgehead atoms. The number of amides is 4. The van der Waals surface area contributed by atoms with Crippen LogP contribution in [0.25, 0.3) is 0 Å². The molecule has 11 heteroatoms. The molecule has 0 saturated carbocycles. The largest absolute Gasteiger partial charge is 0.336 e. The van der Waals surface area contributed by atoms with Gasteiger partial charge < -0.3 is 5.32 Å². The number of sulfonamides is 1. The summed E-state index contributed by atoms with van der Waals surface area (Å²) in [6.07, 6.45) is 0. The van der Waals surface area contributed by atoms with Crippen molar-refractivity contribution in [2.45, 2.75) is 11.8 Å². The quantitative estimate of drug-likeness (QED) is 0.561.